The van der Waals surface area contributed by atoms with E-state index < -0.39 is 0 Å². The molecule has 0 radical (unpaired) electrons. The number of phenolic OH excluding ortho intramolecular Hbond substituents is 1. The van der Waals surface area contributed by atoms with Gasteiger partial charge in [0.15, 0.2) is 0 Å². The van der Waals surface area contributed by atoms with Crippen molar-refractivity contribution in [3.05, 3.63) is 29.8 Å². The van der Waals surface area contributed by atoms with Gasteiger partial charge in [0.05, 0.1) is 0 Å². The largest absolute Gasteiger partial charge is 0.508 e. The molecule has 1 saturated carbocycles. The summed E-state index contributed by atoms with van der Waals surface area (Å²) in [4.78, 5) is 2.40. The molecule has 0 aromatic heterocycles. The van der Waals surface area contributed by atoms with Gasteiger partial charge in [0, 0.05) is 12.6 Å². The molecule has 94 valence electrons. The average molecular weight is 234 g/mol. The van der Waals surface area contributed by atoms with Crippen LogP contribution in [0.25, 0.3) is 0 Å². The zero-order valence-corrected chi connectivity index (χ0v) is 10.5. The molecule has 2 rings (SSSR count). The Balaban J connectivity index is 1.96. The highest BCUT2D eigenvalue weighted by molar-refractivity contribution is 5.25. The van der Waals surface area contributed by atoms with Crippen LogP contribution < -0.4 is 5.73 Å². The first-order valence-electron chi connectivity index (χ1n) is 6.39. The van der Waals surface area contributed by atoms with Crippen molar-refractivity contribution in [2.45, 2.75) is 31.8 Å². The Morgan fingerprint density at radius 2 is 2.00 bits per heavy atom. The second kappa shape index (κ2) is 5.52. The normalized spacial score (nSPS) is 24.4. The van der Waals surface area contributed by atoms with E-state index in [4.69, 9.17) is 5.73 Å². The minimum Gasteiger partial charge on any atom is -0.508 e. The van der Waals surface area contributed by atoms with Crippen LogP contribution in [0.15, 0.2) is 24.3 Å². The van der Waals surface area contributed by atoms with Crippen LogP contribution in [0.4, 0.5) is 0 Å². The fourth-order valence-electron chi connectivity index (χ4n) is 2.88. The van der Waals surface area contributed by atoms with E-state index in [-0.39, 0.29) is 0 Å². The average Bonchev–Trinajstić information content (AvgIpc) is 2.80. The predicted octanol–water partition coefficient (Wildman–Crippen LogP) is 1.95. The maximum Gasteiger partial charge on any atom is 0.115 e. The molecule has 1 fully saturated rings. The minimum atomic E-state index is 0.331. The van der Waals surface area contributed by atoms with Crippen LogP contribution in [-0.4, -0.2) is 29.6 Å². The lowest BCUT2D eigenvalue weighted by molar-refractivity contribution is 0.193. The fraction of sp³-hybridized carbons (Fsp3) is 0.571. The minimum absolute atomic E-state index is 0.331. The highest BCUT2D eigenvalue weighted by atomic mass is 16.3. The van der Waals surface area contributed by atoms with Crippen molar-refractivity contribution >= 4 is 0 Å². The molecule has 3 N–H and O–H groups in total. The van der Waals surface area contributed by atoms with Crippen LogP contribution in [0.5, 0.6) is 5.75 Å². The quantitative estimate of drug-likeness (QED) is 0.837. The zero-order valence-electron chi connectivity index (χ0n) is 10.5. The maximum atomic E-state index is 9.25. The van der Waals surface area contributed by atoms with Crippen molar-refractivity contribution in [2.75, 3.05) is 13.6 Å². The Morgan fingerprint density at radius 1 is 1.29 bits per heavy atom. The van der Waals surface area contributed by atoms with Gasteiger partial charge in [-0.25, -0.2) is 0 Å². The number of hydrogen-bond donors (Lipinski definition) is 2. The molecular formula is C14H22N2O. The van der Waals surface area contributed by atoms with Crippen molar-refractivity contribution in [3.8, 4) is 5.75 Å². The van der Waals surface area contributed by atoms with Crippen LogP contribution in [0, 0.1) is 5.92 Å². The van der Waals surface area contributed by atoms with Crippen LogP contribution in [0.2, 0.25) is 0 Å². The molecule has 1 aliphatic carbocycles. The van der Waals surface area contributed by atoms with Crippen LogP contribution in [0.1, 0.15) is 24.8 Å². The molecular weight excluding hydrogens is 212 g/mol. The summed E-state index contributed by atoms with van der Waals surface area (Å²) in [6, 6.07) is 8.08. The van der Waals surface area contributed by atoms with Crippen LogP contribution in [0.3, 0.4) is 0 Å². The van der Waals surface area contributed by atoms with E-state index in [1.54, 1.807) is 12.1 Å². The molecule has 1 aromatic carbocycles. The first-order chi connectivity index (χ1) is 8.20. The number of aromatic hydroxyl groups is 1. The van der Waals surface area contributed by atoms with Gasteiger partial charge in [-0.1, -0.05) is 18.6 Å². The molecule has 0 aliphatic heterocycles. The van der Waals surface area contributed by atoms with Crippen molar-refractivity contribution in [1.82, 2.24) is 4.90 Å². The maximum absolute atomic E-state index is 9.25. The highest BCUT2D eigenvalue weighted by Gasteiger charge is 2.28. The first kappa shape index (κ1) is 12.4. The number of phenols is 1. The Morgan fingerprint density at radius 3 is 2.65 bits per heavy atom. The summed E-state index contributed by atoms with van der Waals surface area (Å²) in [6.07, 6.45) is 3.82. The molecule has 0 spiro atoms. The number of nitrogens with zero attached hydrogens (tertiary/aromatic N) is 1. The Hall–Kier alpha value is -1.06. The Labute approximate surface area is 103 Å². The molecule has 0 bridgehead atoms. The van der Waals surface area contributed by atoms with Gasteiger partial charge in [-0.3, -0.25) is 4.90 Å². The topological polar surface area (TPSA) is 49.5 Å². The third-order valence-corrected chi connectivity index (χ3v) is 3.86. The summed E-state index contributed by atoms with van der Waals surface area (Å²) >= 11 is 0. The second-order valence-electron chi connectivity index (χ2n) is 5.08. The van der Waals surface area contributed by atoms with Gasteiger partial charge in [-0.2, -0.15) is 0 Å². The summed E-state index contributed by atoms with van der Waals surface area (Å²) in [5.41, 5.74) is 7.06. The van der Waals surface area contributed by atoms with Gasteiger partial charge in [-0.15, -0.1) is 0 Å². The van der Waals surface area contributed by atoms with E-state index in [0.29, 0.717) is 17.7 Å². The van der Waals surface area contributed by atoms with Gasteiger partial charge in [-0.05, 0) is 50.0 Å². The lowest BCUT2D eigenvalue weighted by atomic mass is 10.0. The molecule has 3 heteroatoms. The monoisotopic (exact) mass is 234 g/mol. The lowest BCUT2D eigenvalue weighted by Gasteiger charge is -2.29. The summed E-state index contributed by atoms with van der Waals surface area (Å²) in [5, 5.41) is 9.25. The first-order valence-corrected chi connectivity index (χ1v) is 6.39. The third-order valence-electron chi connectivity index (χ3n) is 3.86. The van der Waals surface area contributed by atoms with Gasteiger partial charge in [0.25, 0.3) is 0 Å². The standard InChI is InChI=1S/C14H22N2O/c1-16(14-4-2-3-12(14)9-15)10-11-5-7-13(17)8-6-11/h5-8,12,14,17H,2-4,9-10,15H2,1H3. The van der Waals surface area contributed by atoms with Crippen LogP contribution >= 0.6 is 0 Å². The molecule has 0 heterocycles. The number of benzene rings is 1. The SMILES string of the molecule is CN(Cc1ccc(O)cc1)C1CCCC1CN. The smallest absolute Gasteiger partial charge is 0.115 e. The summed E-state index contributed by atoms with van der Waals surface area (Å²) in [7, 11) is 2.17. The van der Waals surface area contributed by atoms with E-state index in [0.717, 1.165) is 13.1 Å². The Bertz CT molecular complexity index is 350. The number of nitrogens with two attached hydrogens (primary N) is 1. The van der Waals surface area contributed by atoms with Gasteiger partial charge >= 0.3 is 0 Å². The molecule has 2 atom stereocenters. The van der Waals surface area contributed by atoms with Gasteiger partial charge < -0.3 is 10.8 Å². The summed E-state index contributed by atoms with van der Waals surface area (Å²) < 4.78 is 0. The second-order valence-corrected chi connectivity index (χ2v) is 5.08. The van der Waals surface area contributed by atoms with Crippen molar-refractivity contribution in [3.63, 3.8) is 0 Å². The molecule has 3 nitrogen and oxygen atoms in total. The summed E-state index contributed by atoms with van der Waals surface area (Å²) in [6.45, 7) is 1.73. The predicted molar refractivity (Wildman–Crippen MR) is 69.8 cm³/mol. The van der Waals surface area contributed by atoms with E-state index in [1.807, 2.05) is 12.1 Å². The molecule has 1 aromatic rings. The van der Waals surface area contributed by atoms with E-state index in [9.17, 15) is 5.11 Å². The molecule has 17 heavy (non-hydrogen) atoms. The Kier molecular flexibility index (Phi) is 4.02. The molecule has 0 saturated heterocycles. The van der Waals surface area contributed by atoms with Gasteiger partial charge in [0.1, 0.15) is 5.75 Å². The van der Waals surface area contributed by atoms with Crippen molar-refractivity contribution in [1.29, 1.82) is 0 Å². The van der Waals surface area contributed by atoms with E-state index in [2.05, 4.69) is 11.9 Å². The van der Waals surface area contributed by atoms with Gasteiger partial charge in [0.2, 0.25) is 0 Å². The van der Waals surface area contributed by atoms with E-state index in [1.165, 1.54) is 24.8 Å². The third kappa shape index (κ3) is 2.99. The molecule has 1 aliphatic rings. The van der Waals surface area contributed by atoms with Crippen molar-refractivity contribution < 1.29 is 5.11 Å². The van der Waals surface area contributed by atoms with E-state index >= 15 is 0 Å². The van der Waals surface area contributed by atoms with Crippen LogP contribution in [-0.2, 0) is 6.54 Å². The zero-order chi connectivity index (χ0) is 12.3. The lowest BCUT2D eigenvalue weighted by Crippen LogP contribution is -2.37. The summed E-state index contributed by atoms with van der Waals surface area (Å²) in [5.74, 6) is 0.981. The molecule has 2 unspecified atom stereocenters. The van der Waals surface area contributed by atoms with Crippen molar-refractivity contribution in [2.24, 2.45) is 11.7 Å². The highest BCUT2D eigenvalue weighted by Crippen LogP contribution is 2.29. The molecule has 0 amide bonds. The number of hydrogen-bond acceptors (Lipinski definition) is 3. The number of rotatable bonds is 4. The fourth-order valence-corrected chi connectivity index (χ4v) is 2.88.